The molecule has 0 N–H and O–H groups in total. The van der Waals surface area contributed by atoms with Gasteiger partial charge in [-0.15, -0.1) is 11.4 Å². The molecule has 0 fully saturated rings. The Morgan fingerprint density at radius 2 is 1.44 bits per heavy atom. The molecule has 0 unspecified atom stereocenters. The van der Waals surface area contributed by atoms with Crippen LogP contribution in [0.4, 0.5) is 0 Å². The van der Waals surface area contributed by atoms with E-state index in [1.165, 1.54) is 0 Å². The van der Waals surface area contributed by atoms with Gasteiger partial charge in [0.15, 0.2) is 0 Å². The van der Waals surface area contributed by atoms with Gasteiger partial charge in [0.2, 0.25) is 0 Å². The predicted molar refractivity (Wildman–Crippen MR) is 88.6 cm³/mol. The monoisotopic (exact) mass is 330 g/mol. The van der Waals surface area contributed by atoms with Crippen LogP contribution in [0.25, 0.3) is 0 Å². The van der Waals surface area contributed by atoms with Crippen molar-refractivity contribution in [2.45, 2.75) is 33.2 Å². The van der Waals surface area contributed by atoms with E-state index in [9.17, 15) is 0 Å². The van der Waals surface area contributed by atoms with Crippen LogP contribution < -0.4 is 0 Å². The van der Waals surface area contributed by atoms with E-state index in [1.807, 2.05) is 32.2 Å². The normalized spacial score (nSPS) is 12.9. The standard InChI is InChI=1S/C11H27O3PS2Si/c1-6-12-18(13-7-2,14-8-3)11-9-10-17-15(4,5)16/h6-11H2,1-5H3. The van der Waals surface area contributed by atoms with E-state index in [1.54, 1.807) is 0 Å². The van der Waals surface area contributed by atoms with Gasteiger partial charge in [-0.3, -0.25) is 0 Å². The predicted octanol–water partition coefficient (Wildman–Crippen LogP) is 3.81. The van der Waals surface area contributed by atoms with Crippen molar-refractivity contribution in [2.75, 3.05) is 38.9 Å². The first kappa shape index (κ1) is 19.1. The summed E-state index contributed by atoms with van der Waals surface area (Å²) < 4.78 is 17.4. The fourth-order valence-corrected chi connectivity index (χ4v) is 7.53. The Kier molecular flexibility index (Phi) is 10.5. The van der Waals surface area contributed by atoms with E-state index in [-0.39, 0.29) is 0 Å². The lowest BCUT2D eigenvalue weighted by Gasteiger charge is -2.28. The Morgan fingerprint density at radius 1 is 1.00 bits per heavy atom. The molecule has 0 saturated heterocycles. The van der Waals surface area contributed by atoms with Crippen LogP contribution in [0.1, 0.15) is 27.2 Å². The Bertz CT molecular complexity index is 244. The van der Waals surface area contributed by atoms with Gasteiger partial charge >= 0.3 is 8.80 Å². The minimum Gasteiger partial charge on any atom is -0.374 e. The van der Waals surface area contributed by atoms with Crippen molar-refractivity contribution in [3.8, 4) is 0 Å². The third-order valence-corrected chi connectivity index (χ3v) is 9.73. The van der Waals surface area contributed by atoms with Crippen LogP contribution in [0.3, 0.4) is 0 Å². The summed E-state index contributed by atoms with van der Waals surface area (Å²) in [4.78, 5) is 0. The van der Waals surface area contributed by atoms with Crippen LogP contribution in [0, 0.1) is 0 Å². The van der Waals surface area contributed by atoms with Gasteiger partial charge in [0.05, 0.1) is 0 Å². The fourth-order valence-electron chi connectivity index (χ4n) is 1.57. The smallest absolute Gasteiger partial charge is 0.374 e. The molecule has 0 saturated carbocycles. The zero-order chi connectivity index (χ0) is 14.1. The lowest BCUT2D eigenvalue weighted by Crippen LogP contribution is -2.46. The molecule has 0 rings (SSSR count). The molecular formula is C11H27O3PS2Si. The average Bonchev–Trinajstić information content (AvgIpc) is 2.24. The van der Waals surface area contributed by atoms with Crippen LogP contribution in [0.15, 0.2) is 0 Å². The highest BCUT2D eigenvalue weighted by atomic mass is 32.9. The molecule has 0 aromatic heterocycles. The fraction of sp³-hybridized carbons (Fsp3) is 1.00. The molecule has 0 radical (unpaired) electrons. The van der Waals surface area contributed by atoms with Crippen molar-refractivity contribution in [3.05, 3.63) is 0 Å². The molecule has 0 aliphatic heterocycles. The van der Waals surface area contributed by atoms with Crippen LogP contribution in [0.5, 0.6) is 0 Å². The molecular weight excluding hydrogens is 303 g/mol. The summed E-state index contributed by atoms with van der Waals surface area (Å²) in [7, 11) is -2.43. The highest BCUT2D eigenvalue weighted by molar-refractivity contribution is 8.70. The van der Waals surface area contributed by atoms with Gasteiger partial charge in [0.1, 0.15) is 0 Å². The highest BCUT2D eigenvalue weighted by Crippen LogP contribution is 2.52. The molecule has 0 atom stereocenters. The summed E-state index contributed by atoms with van der Waals surface area (Å²) in [6.45, 7) is 12.3. The molecule has 3 nitrogen and oxygen atoms in total. The van der Waals surface area contributed by atoms with Gasteiger partial charge in [-0.2, -0.15) is 0 Å². The highest BCUT2D eigenvalue weighted by Gasteiger charge is 2.39. The summed E-state index contributed by atoms with van der Waals surface area (Å²) in [5.41, 5.74) is 0. The van der Waals surface area contributed by atoms with Crippen LogP contribution >= 0.6 is 16.6 Å². The van der Waals surface area contributed by atoms with Crippen molar-refractivity contribution in [3.63, 3.8) is 0 Å². The number of hydrogen-bond donors (Lipinski definition) is 0. The van der Waals surface area contributed by atoms with Crippen molar-refractivity contribution in [2.24, 2.45) is 0 Å². The van der Waals surface area contributed by atoms with Gasteiger partial charge in [-0.25, -0.2) is 0 Å². The number of hydrogen-bond acceptors (Lipinski definition) is 5. The minimum atomic E-state index is -2.43. The van der Waals surface area contributed by atoms with E-state index in [2.05, 4.69) is 13.3 Å². The van der Waals surface area contributed by atoms with Gasteiger partial charge in [0.25, 0.3) is 0 Å². The molecule has 0 aromatic carbocycles. The zero-order valence-corrected chi connectivity index (χ0v) is 15.8. The molecule has 0 amide bonds. The van der Waals surface area contributed by atoms with Crippen molar-refractivity contribution in [1.29, 1.82) is 0 Å². The van der Waals surface area contributed by atoms with Crippen molar-refractivity contribution < 1.29 is 13.3 Å². The molecule has 0 bridgehead atoms. The maximum Gasteiger partial charge on any atom is 0.500 e. The Morgan fingerprint density at radius 3 is 1.78 bits per heavy atom. The lowest BCUT2D eigenvalue weighted by molar-refractivity contribution is 0.0712. The van der Waals surface area contributed by atoms with E-state index in [0.29, 0.717) is 19.8 Å². The molecule has 0 aliphatic carbocycles. The SMILES string of the molecule is CCO[Si](CCCSP(C)(C)=S)(OCC)OCC. The van der Waals surface area contributed by atoms with Gasteiger partial charge in [-0.1, -0.05) is 11.8 Å². The first-order valence-corrected chi connectivity index (χ1v) is 13.7. The van der Waals surface area contributed by atoms with Crippen molar-refractivity contribution in [1.82, 2.24) is 0 Å². The quantitative estimate of drug-likeness (QED) is 0.326. The lowest BCUT2D eigenvalue weighted by atomic mass is 10.6. The van der Waals surface area contributed by atoms with E-state index in [4.69, 9.17) is 25.1 Å². The summed E-state index contributed by atoms with van der Waals surface area (Å²) in [6.07, 6.45) is 1.05. The second-order valence-corrected chi connectivity index (χ2v) is 17.0. The molecule has 7 heteroatoms. The summed E-state index contributed by atoms with van der Waals surface area (Å²) in [5.74, 6) is 1.08. The largest absolute Gasteiger partial charge is 0.500 e. The molecule has 0 aromatic rings. The van der Waals surface area contributed by atoms with Crippen LogP contribution in [0.2, 0.25) is 6.04 Å². The topological polar surface area (TPSA) is 27.7 Å². The summed E-state index contributed by atoms with van der Waals surface area (Å²) in [5, 5.41) is -1.15. The Balaban J connectivity index is 4.25. The zero-order valence-electron chi connectivity index (χ0n) is 12.2. The summed E-state index contributed by atoms with van der Waals surface area (Å²) >= 11 is 7.35. The van der Waals surface area contributed by atoms with Gasteiger partial charge in [-0.05, 0) is 46.3 Å². The Labute approximate surface area is 122 Å². The third-order valence-electron chi connectivity index (χ3n) is 2.12. The number of rotatable bonds is 11. The van der Waals surface area contributed by atoms with Crippen LogP contribution in [-0.2, 0) is 25.1 Å². The van der Waals surface area contributed by atoms with E-state index < -0.39 is 14.0 Å². The maximum atomic E-state index is 5.81. The van der Waals surface area contributed by atoms with Crippen molar-refractivity contribution >= 4 is 37.2 Å². The van der Waals surface area contributed by atoms with E-state index in [0.717, 1.165) is 18.2 Å². The van der Waals surface area contributed by atoms with Crippen LogP contribution in [-0.4, -0.2) is 47.7 Å². The molecule has 0 aliphatic rings. The molecule has 0 heterocycles. The molecule has 110 valence electrons. The first-order chi connectivity index (χ1) is 8.39. The Hall–Kier alpha value is 1.10. The molecule has 0 spiro atoms. The second-order valence-electron chi connectivity index (χ2n) is 4.17. The van der Waals surface area contributed by atoms with E-state index >= 15 is 0 Å². The average molecular weight is 331 g/mol. The first-order valence-electron chi connectivity index (χ1n) is 6.50. The third kappa shape index (κ3) is 9.07. The minimum absolute atomic E-state index is 0.652. The van der Waals surface area contributed by atoms with Gasteiger partial charge < -0.3 is 13.3 Å². The maximum absolute atomic E-state index is 5.81. The second kappa shape index (κ2) is 9.92. The molecule has 18 heavy (non-hydrogen) atoms. The summed E-state index contributed by atoms with van der Waals surface area (Å²) in [6, 6.07) is 0.894. The van der Waals surface area contributed by atoms with Gasteiger partial charge in [0, 0.05) is 31.1 Å².